The second-order valence-corrected chi connectivity index (χ2v) is 4.15. The van der Waals surface area contributed by atoms with Gasteiger partial charge in [0.2, 0.25) is 5.91 Å². The van der Waals surface area contributed by atoms with E-state index < -0.39 is 0 Å². The number of aromatic nitrogens is 1. The molecule has 1 heterocycles. The van der Waals surface area contributed by atoms with E-state index >= 15 is 0 Å². The molecule has 0 aliphatic carbocycles. The van der Waals surface area contributed by atoms with Crippen molar-refractivity contribution in [3.63, 3.8) is 0 Å². The van der Waals surface area contributed by atoms with E-state index in [2.05, 4.69) is 15.6 Å². The number of nitrogens with zero attached hydrogens (tertiary/aromatic N) is 1. The van der Waals surface area contributed by atoms with Gasteiger partial charge in [-0.25, -0.2) is 0 Å². The van der Waals surface area contributed by atoms with Crippen molar-refractivity contribution in [2.24, 2.45) is 0 Å². The van der Waals surface area contributed by atoms with Gasteiger partial charge in [-0.05, 0) is 18.1 Å². The first kappa shape index (κ1) is 13.9. The number of pyridine rings is 1. The van der Waals surface area contributed by atoms with E-state index in [1.165, 1.54) is 0 Å². The topological polar surface area (TPSA) is 54.0 Å². The highest BCUT2D eigenvalue weighted by Crippen LogP contribution is 2.12. The molecule has 1 aromatic heterocycles. The number of nitrogens with one attached hydrogen (secondary N) is 2. The van der Waals surface area contributed by atoms with E-state index in [9.17, 15) is 4.79 Å². The predicted octanol–water partition coefficient (Wildman–Crippen LogP) is 1.74. The van der Waals surface area contributed by atoms with Crippen molar-refractivity contribution in [1.29, 1.82) is 0 Å². The summed E-state index contributed by atoms with van der Waals surface area (Å²) in [6.45, 7) is 4.08. The van der Waals surface area contributed by atoms with Crippen LogP contribution in [0.5, 0.6) is 0 Å². The van der Waals surface area contributed by atoms with Crippen molar-refractivity contribution in [3.8, 4) is 0 Å². The number of rotatable bonds is 7. The van der Waals surface area contributed by atoms with Gasteiger partial charge in [0.15, 0.2) is 0 Å². The first-order valence-corrected chi connectivity index (χ1v) is 6.17. The van der Waals surface area contributed by atoms with Crippen LogP contribution in [0, 0.1) is 0 Å². The minimum Gasteiger partial charge on any atom is -0.356 e. The van der Waals surface area contributed by atoms with Crippen molar-refractivity contribution in [2.45, 2.75) is 26.3 Å². The highest BCUT2D eigenvalue weighted by molar-refractivity contribution is 6.31. The van der Waals surface area contributed by atoms with Gasteiger partial charge < -0.3 is 10.6 Å². The van der Waals surface area contributed by atoms with Gasteiger partial charge in [0.1, 0.15) is 0 Å². The molecule has 4 nitrogen and oxygen atoms in total. The Balaban J connectivity index is 2.16. The fourth-order valence-corrected chi connectivity index (χ4v) is 1.51. The lowest BCUT2D eigenvalue weighted by molar-refractivity contribution is -0.120. The van der Waals surface area contributed by atoms with E-state index in [-0.39, 0.29) is 5.91 Å². The van der Waals surface area contributed by atoms with Gasteiger partial charge in [0.25, 0.3) is 0 Å². The average molecular weight is 256 g/mol. The van der Waals surface area contributed by atoms with Crippen LogP contribution >= 0.6 is 11.6 Å². The molecule has 1 amide bonds. The molecule has 0 aliphatic heterocycles. The van der Waals surface area contributed by atoms with E-state index in [1.54, 1.807) is 12.4 Å². The minimum atomic E-state index is 0.0835. The van der Waals surface area contributed by atoms with Crippen molar-refractivity contribution in [2.75, 3.05) is 13.1 Å². The van der Waals surface area contributed by atoms with E-state index in [0.29, 0.717) is 24.5 Å². The smallest absolute Gasteiger partial charge is 0.221 e. The van der Waals surface area contributed by atoms with Crippen LogP contribution in [0.1, 0.15) is 25.3 Å². The zero-order valence-corrected chi connectivity index (χ0v) is 10.8. The Hall–Kier alpha value is -1.13. The van der Waals surface area contributed by atoms with Crippen molar-refractivity contribution in [3.05, 3.63) is 29.0 Å². The van der Waals surface area contributed by atoms with Gasteiger partial charge in [0, 0.05) is 38.4 Å². The first-order chi connectivity index (χ1) is 8.24. The lowest BCUT2D eigenvalue weighted by Gasteiger charge is -2.06. The number of hydrogen-bond donors (Lipinski definition) is 2. The molecular formula is C12H18ClN3O. The van der Waals surface area contributed by atoms with Crippen LogP contribution in [-0.2, 0) is 11.3 Å². The number of amides is 1. The Morgan fingerprint density at radius 1 is 1.47 bits per heavy atom. The maximum Gasteiger partial charge on any atom is 0.221 e. The fourth-order valence-electron chi connectivity index (χ4n) is 1.33. The number of hydrogen-bond acceptors (Lipinski definition) is 3. The molecule has 0 saturated heterocycles. The summed E-state index contributed by atoms with van der Waals surface area (Å²) in [4.78, 5) is 15.2. The van der Waals surface area contributed by atoms with Gasteiger partial charge in [0.05, 0.1) is 5.02 Å². The van der Waals surface area contributed by atoms with Crippen molar-refractivity contribution < 1.29 is 4.79 Å². The molecular weight excluding hydrogens is 238 g/mol. The van der Waals surface area contributed by atoms with Crippen LogP contribution in [0.3, 0.4) is 0 Å². The second-order valence-electron chi connectivity index (χ2n) is 3.74. The van der Waals surface area contributed by atoms with Gasteiger partial charge in [-0.15, -0.1) is 0 Å². The highest BCUT2D eigenvalue weighted by Gasteiger charge is 2.01. The molecule has 17 heavy (non-hydrogen) atoms. The zero-order valence-electron chi connectivity index (χ0n) is 10.0. The summed E-state index contributed by atoms with van der Waals surface area (Å²) < 4.78 is 0. The zero-order chi connectivity index (χ0) is 12.5. The lowest BCUT2D eigenvalue weighted by atomic mass is 10.2. The summed E-state index contributed by atoms with van der Waals surface area (Å²) in [5, 5.41) is 6.65. The summed E-state index contributed by atoms with van der Waals surface area (Å²) in [7, 11) is 0. The summed E-state index contributed by atoms with van der Waals surface area (Å²) in [6, 6.07) is 1.87. The van der Waals surface area contributed by atoms with Gasteiger partial charge >= 0.3 is 0 Å². The number of halogens is 1. The lowest BCUT2D eigenvalue weighted by Crippen LogP contribution is -2.28. The van der Waals surface area contributed by atoms with Crippen LogP contribution < -0.4 is 10.6 Å². The molecule has 1 rings (SSSR count). The third kappa shape index (κ3) is 5.65. The summed E-state index contributed by atoms with van der Waals surface area (Å²) in [5.41, 5.74) is 0.996. The number of carbonyl (C=O) groups excluding carboxylic acids is 1. The monoisotopic (exact) mass is 255 g/mol. The Kier molecular flexibility index (Phi) is 6.58. The minimum absolute atomic E-state index is 0.0835. The quantitative estimate of drug-likeness (QED) is 0.730. The second kappa shape index (κ2) is 8.03. The van der Waals surface area contributed by atoms with Crippen LogP contribution in [0.15, 0.2) is 18.5 Å². The molecule has 0 bridgehead atoms. The summed E-state index contributed by atoms with van der Waals surface area (Å²) in [5.74, 6) is 0.0835. The Bertz CT molecular complexity index is 357. The Labute approximate surface area is 107 Å². The highest BCUT2D eigenvalue weighted by atomic mass is 35.5. The van der Waals surface area contributed by atoms with Gasteiger partial charge in [-0.1, -0.05) is 18.5 Å². The predicted molar refractivity (Wildman–Crippen MR) is 68.9 cm³/mol. The fraction of sp³-hybridized carbons (Fsp3) is 0.500. The number of carbonyl (C=O) groups is 1. The largest absolute Gasteiger partial charge is 0.356 e. The molecule has 1 aromatic rings. The molecule has 0 saturated carbocycles. The molecule has 94 valence electrons. The van der Waals surface area contributed by atoms with Crippen LogP contribution in [-0.4, -0.2) is 24.0 Å². The maximum absolute atomic E-state index is 11.3. The van der Waals surface area contributed by atoms with Crippen LogP contribution in [0.4, 0.5) is 0 Å². The molecule has 0 unspecified atom stereocenters. The Morgan fingerprint density at radius 3 is 3.00 bits per heavy atom. The summed E-state index contributed by atoms with van der Waals surface area (Å²) in [6.07, 6.45) is 4.78. The molecule has 5 heteroatoms. The molecule has 0 fully saturated rings. The molecule has 0 radical (unpaired) electrons. The van der Waals surface area contributed by atoms with Crippen molar-refractivity contribution in [1.82, 2.24) is 15.6 Å². The van der Waals surface area contributed by atoms with Crippen LogP contribution in [0.25, 0.3) is 0 Å². The standard InChI is InChI=1S/C12H18ClN3O/c1-2-5-16-12(17)4-7-14-8-10-3-6-15-9-11(10)13/h3,6,9,14H,2,4-5,7-8H2,1H3,(H,16,17). The third-order valence-electron chi connectivity index (χ3n) is 2.27. The van der Waals surface area contributed by atoms with Gasteiger partial charge in [-0.3, -0.25) is 9.78 Å². The SMILES string of the molecule is CCCNC(=O)CCNCc1ccncc1Cl. The maximum atomic E-state index is 11.3. The van der Waals surface area contributed by atoms with Crippen LogP contribution in [0.2, 0.25) is 5.02 Å². The van der Waals surface area contributed by atoms with Gasteiger partial charge in [-0.2, -0.15) is 0 Å². The molecule has 0 aliphatic rings. The molecule has 0 aromatic carbocycles. The van der Waals surface area contributed by atoms with Crippen molar-refractivity contribution >= 4 is 17.5 Å². The molecule has 0 atom stereocenters. The normalized spacial score (nSPS) is 10.2. The average Bonchev–Trinajstić information content (AvgIpc) is 2.34. The molecule has 0 spiro atoms. The Morgan fingerprint density at radius 2 is 2.29 bits per heavy atom. The molecule has 2 N–H and O–H groups in total. The van der Waals surface area contributed by atoms with E-state index in [0.717, 1.165) is 18.5 Å². The summed E-state index contributed by atoms with van der Waals surface area (Å²) >= 11 is 5.95. The first-order valence-electron chi connectivity index (χ1n) is 5.80. The third-order valence-corrected chi connectivity index (χ3v) is 2.61. The van der Waals surface area contributed by atoms with E-state index in [1.807, 2.05) is 13.0 Å². The van der Waals surface area contributed by atoms with E-state index in [4.69, 9.17) is 11.6 Å².